The lowest BCUT2D eigenvalue weighted by Gasteiger charge is -2.34. The molecule has 29 heavy (non-hydrogen) atoms. The Labute approximate surface area is 189 Å². The van der Waals surface area contributed by atoms with Gasteiger partial charge in [-0.1, -0.05) is 12.1 Å². The van der Waals surface area contributed by atoms with E-state index in [4.69, 9.17) is 9.47 Å². The Morgan fingerprint density at radius 2 is 2.03 bits per heavy atom. The zero-order valence-electron chi connectivity index (χ0n) is 17.1. The number of nitrogens with zero attached hydrogens (tertiary/aromatic N) is 2. The highest BCUT2D eigenvalue weighted by Gasteiger charge is 2.24. The molecule has 2 unspecified atom stereocenters. The third-order valence-corrected chi connectivity index (χ3v) is 5.29. The molecule has 0 radical (unpaired) electrons. The van der Waals surface area contributed by atoms with Gasteiger partial charge in [0.25, 0.3) is 0 Å². The molecule has 2 atom stereocenters. The Morgan fingerprint density at radius 1 is 1.31 bits per heavy atom. The summed E-state index contributed by atoms with van der Waals surface area (Å²) >= 11 is 0. The summed E-state index contributed by atoms with van der Waals surface area (Å²) in [7, 11) is 0. The first-order valence-corrected chi connectivity index (χ1v) is 10.4. The molecule has 164 valence electrons. The van der Waals surface area contributed by atoms with Gasteiger partial charge in [0.2, 0.25) is 0 Å². The fraction of sp³-hybridized carbons (Fsp3) is 0.667. The van der Waals surface area contributed by atoms with Crippen molar-refractivity contribution in [3.05, 3.63) is 35.6 Å². The van der Waals surface area contributed by atoms with Crippen molar-refractivity contribution < 1.29 is 19.0 Å². The van der Waals surface area contributed by atoms with Crippen LogP contribution in [0.4, 0.5) is 4.39 Å². The minimum absolute atomic E-state index is 0. The second-order valence-electron chi connectivity index (χ2n) is 7.42. The minimum Gasteiger partial charge on any atom is -0.386 e. The van der Waals surface area contributed by atoms with Gasteiger partial charge < -0.3 is 24.8 Å². The fourth-order valence-electron chi connectivity index (χ4n) is 3.64. The number of hydrogen-bond donors (Lipinski definition) is 2. The SMILES string of the molecule is CCNC(=NCC(O)c1ccc(F)cc1)N1CCC(OCC2CCCO2)CC1.I. The summed E-state index contributed by atoms with van der Waals surface area (Å²) in [5.74, 6) is 0.499. The predicted molar refractivity (Wildman–Crippen MR) is 122 cm³/mol. The molecule has 2 heterocycles. The summed E-state index contributed by atoms with van der Waals surface area (Å²) in [4.78, 5) is 6.81. The first kappa shape index (κ1) is 24.3. The largest absolute Gasteiger partial charge is 0.386 e. The van der Waals surface area contributed by atoms with Gasteiger partial charge in [-0.05, 0) is 50.3 Å². The maximum absolute atomic E-state index is 13.0. The Kier molecular flexibility index (Phi) is 10.6. The topological polar surface area (TPSA) is 66.3 Å². The van der Waals surface area contributed by atoms with Gasteiger partial charge in [0, 0.05) is 26.2 Å². The van der Waals surface area contributed by atoms with Crippen molar-refractivity contribution in [3.8, 4) is 0 Å². The molecule has 3 rings (SSSR count). The molecule has 2 saturated heterocycles. The van der Waals surface area contributed by atoms with E-state index >= 15 is 0 Å². The molecule has 2 fully saturated rings. The zero-order chi connectivity index (χ0) is 19.8. The fourth-order valence-corrected chi connectivity index (χ4v) is 3.64. The lowest BCUT2D eigenvalue weighted by molar-refractivity contribution is -0.0367. The van der Waals surface area contributed by atoms with Gasteiger partial charge in [0.05, 0.1) is 31.5 Å². The second kappa shape index (κ2) is 12.7. The lowest BCUT2D eigenvalue weighted by atomic mass is 10.1. The van der Waals surface area contributed by atoms with Crippen LogP contribution in [0.15, 0.2) is 29.3 Å². The standard InChI is InChI=1S/C21H32FN3O3.HI/c1-2-23-21(24-14-20(26)16-5-7-17(22)8-6-16)25-11-9-18(10-12-25)28-15-19-4-3-13-27-19;/h5-8,18-20,26H,2-4,9-15H2,1H3,(H,23,24);1H. The van der Waals surface area contributed by atoms with Gasteiger partial charge in [-0.15, -0.1) is 24.0 Å². The molecule has 6 nitrogen and oxygen atoms in total. The van der Waals surface area contributed by atoms with Gasteiger partial charge in [0.15, 0.2) is 5.96 Å². The Bertz CT molecular complexity index is 618. The van der Waals surface area contributed by atoms with E-state index < -0.39 is 6.10 Å². The van der Waals surface area contributed by atoms with Crippen molar-refractivity contribution in [2.45, 2.75) is 50.9 Å². The number of aliphatic hydroxyl groups excluding tert-OH is 1. The number of nitrogens with one attached hydrogen (secondary N) is 1. The van der Waals surface area contributed by atoms with Crippen molar-refractivity contribution >= 4 is 29.9 Å². The van der Waals surface area contributed by atoms with E-state index in [0.717, 1.165) is 57.9 Å². The van der Waals surface area contributed by atoms with E-state index in [1.54, 1.807) is 12.1 Å². The van der Waals surface area contributed by atoms with E-state index in [1.165, 1.54) is 12.1 Å². The van der Waals surface area contributed by atoms with Crippen molar-refractivity contribution in [3.63, 3.8) is 0 Å². The van der Waals surface area contributed by atoms with Crippen LogP contribution in [0.2, 0.25) is 0 Å². The van der Waals surface area contributed by atoms with Crippen LogP contribution >= 0.6 is 24.0 Å². The molecule has 2 N–H and O–H groups in total. The van der Waals surface area contributed by atoms with Gasteiger partial charge in [-0.3, -0.25) is 4.99 Å². The number of rotatable bonds is 7. The van der Waals surface area contributed by atoms with Crippen molar-refractivity contribution in [2.24, 2.45) is 4.99 Å². The van der Waals surface area contributed by atoms with Crippen molar-refractivity contribution in [1.29, 1.82) is 0 Å². The van der Waals surface area contributed by atoms with Crippen LogP contribution in [0.5, 0.6) is 0 Å². The zero-order valence-corrected chi connectivity index (χ0v) is 19.4. The monoisotopic (exact) mass is 521 g/mol. The van der Waals surface area contributed by atoms with E-state index in [0.29, 0.717) is 12.2 Å². The molecule has 0 bridgehead atoms. The number of aliphatic hydroxyl groups is 1. The summed E-state index contributed by atoms with van der Waals surface area (Å²) in [6.45, 7) is 6.33. The van der Waals surface area contributed by atoms with Crippen LogP contribution in [-0.4, -0.2) is 67.6 Å². The number of aliphatic imine (C=N–C) groups is 1. The maximum Gasteiger partial charge on any atom is 0.194 e. The normalized spacial score (nSPS) is 21.7. The summed E-state index contributed by atoms with van der Waals surface area (Å²) in [5, 5.41) is 13.6. The van der Waals surface area contributed by atoms with Crippen molar-refractivity contribution in [2.75, 3.05) is 39.4 Å². The average molecular weight is 521 g/mol. The molecule has 0 saturated carbocycles. The number of ether oxygens (including phenoxy) is 2. The number of hydrogen-bond acceptors (Lipinski definition) is 4. The molecular formula is C21H33FIN3O3. The summed E-state index contributed by atoms with van der Waals surface area (Å²) in [6.07, 6.45) is 3.94. The Hall–Kier alpha value is -0.970. The number of benzene rings is 1. The predicted octanol–water partition coefficient (Wildman–Crippen LogP) is 3.10. The molecule has 8 heteroatoms. The maximum atomic E-state index is 13.0. The third-order valence-electron chi connectivity index (χ3n) is 5.29. The first-order valence-electron chi connectivity index (χ1n) is 10.4. The van der Waals surface area contributed by atoms with Crippen molar-refractivity contribution in [1.82, 2.24) is 10.2 Å². The van der Waals surface area contributed by atoms with Gasteiger partial charge in [-0.25, -0.2) is 4.39 Å². The second-order valence-corrected chi connectivity index (χ2v) is 7.42. The lowest BCUT2D eigenvalue weighted by Crippen LogP contribution is -2.47. The molecule has 1 aromatic carbocycles. The van der Waals surface area contributed by atoms with Gasteiger partial charge in [-0.2, -0.15) is 0 Å². The molecular weight excluding hydrogens is 488 g/mol. The quantitative estimate of drug-likeness (QED) is 0.328. The van der Waals surface area contributed by atoms with Crippen LogP contribution in [0, 0.1) is 5.82 Å². The van der Waals surface area contributed by atoms with Crippen LogP contribution in [0.25, 0.3) is 0 Å². The number of likely N-dealkylation sites (tertiary alicyclic amines) is 1. The molecule has 1 aromatic rings. The van der Waals surface area contributed by atoms with E-state index in [2.05, 4.69) is 15.2 Å². The highest BCUT2D eigenvalue weighted by Crippen LogP contribution is 2.18. The molecule has 0 aliphatic carbocycles. The average Bonchev–Trinajstić information content (AvgIpc) is 3.24. The smallest absolute Gasteiger partial charge is 0.194 e. The Morgan fingerprint density at radius 3 is 2.66 bits per heavy atom. The van der Waals surface area contributed by atoms with E-state index in [9.17, 15) is 9.50 Å². The van der Waals surface area contributed by atoms with E-state index in [-0.39, 0.29) is 48.5 Å². The summed E-state index contributed by atoms with van der Waals surface area (Å²) in [5.41, 5.74) is 0.669. The number of guanidine groups is 1. The Balaban J connectivity index is 0.00000300. The van der Waals surface area contributed by atoms with Crippen LogP contribution in [-0.2, 0) is 9.47 Å². The summed E-state index contributed by atoms with van der Waals surface area (Å²) in [6, 6.07) is 5.91. The molecule has 0 aromatic heterocycles. The van der Waals surface area contributed by atoms with Crippen LogP contribution in [0.1, 0.15) is 44.3 Å². The summed E-state index contributed by atoms with van der Waals surface area (Å²) < 4.78 is 24.7. The highest BCUT2D eigenvalue weighted by atomic mass is 127. The first-order chi connectivity index (χ1) is 13.7. The minimum atomic E-state index is -0.749. The van der Waals surface area contributed by atoms with Crippen LogP contribution in [0.3, 0.4) is 0 Å². The molecule has 2 aliphatic heterocycles. The molecule has 0 spiro atoms. The van der Waals surface area contributed by atoms with Gasteiger partial charge in [0.1, 0.15) is 5.82 Å². The van der Waals surface area contributed by atoms with Gasteiger partial charge >= 0.3 is 0 Å². The highest BCUT2D eigenvalue weighted by molar-refractivity contribution is 14.0. The molecule has 0 amide bonds. The molecule has 2 aliphatic rings. The van der Waals surface area contributed by atoms with E-state index in [1.807, 2.05) is 6.92 Å². The van der Waals surface area contributed by atoms with Crippen LogP contribution < -0.4 is 5.32 Å². The third kappa shape index (κ3) is 7.66. The number of halogens is 2. The number of piperidine rings is 1.